The highest BCUT2D eigenvalue weighted by Gasteiger charge is 2.24. The summed E-state index contributed by atoms with van der Waals surface area (Å²) < 4.78 is 0. The van der Waals surface area contributed by atoms with Crippen molar-refractivity contribution in [3.05, 3.63) is 61.6 Å². The van der Waals surface area contributed by atoms with E-state index in [1.807, 2.05) is 20.8 Å². The lowest BCUT2D eigenvalue weighted by Gasteiger charge is -2.02. The van der Waals surface area contributed by atoms with E-state index in [9.17, 15) is 14.9 Å². The molecule has 0 radical (unpaired) electrons. The minimum atomic E-state index is -0.494. The van der Waals surface area contributed by atoms with Gasteiger partial charge in [-0.15, -0.1) is 0 Å². The second-order valence-electron chi connectivity index (χ2n) is 5.68. The molecule has 3 aromatic rings. The summed E-state index contributed by atoms with van der Waals surface area (Å²) in [5, 5.41) is 11.6. The maximum absolute atomic E-state index is 12.7. The largest absolute Gasteiger partial charge is 0.397 e. The van der Waals surface area contributed by atoms with Crippen molar-refractivity contribution in [2.24, 2.45) is 0 Å². The average molecular weight is 342 g/mol. The molecule has 0 aliphatic carbocycles. The lowest BCUT2D eigenvalue weighted by atomic mass is 10.0. The number of pyridine rings is 1. The van der Waals surface area contributed by atoms with Gasteiger partial charge in [0.15, 0.2) is 5.69 Å². The molecule has 0 aliphatic rings. The quantitative estimate of drug-likeness (QED) is 0.448. The highest BCUT2D eigenvalue weighted by atomic mass is 32.1. The van der Waals surface area contributed by atoms with E-state index in [1.165, 1.54) is 35.6 Å². The lowest BCUT2D eigenvalue weighted by molar-refractivity contribution is -0.384. The number of thiophene rings is 1. The van der Waals surface area contributed by atoms with Gasteiger partial charge < -0.3 is 5.73 Å². The van der Waals surface area contributed by atoms with Gasteiger partial charge in [-0.25, -0.2) is 0 Å². The van der Waals surface area contributed by atoms with Crippen LogP contribution in [0.5, 0.6) is 0 Å². The van der Waals surface area contributed by atoms with Crippen molar-refractivity contribution in [2.75, 3.05) is 5.73 Å². The molecule has 7 heteroatoms. The lowest BCUT2D eigenvalue weighted by Crippen LogP contribution is -2.10. The van der Waals surface area contributed by atoms with Gasteiger partial charge in [0.25, 0.3) is 10.5 Å². The van der Waals surface area contributed by atoms with Gasteiger partial charge in [-0.3, -0.25) is 14.9 Å². The van der Waals surface area contributed by atoms with Gasteiger partial charge in [0.05, 0.1) is 16.0 Å². The standard InChI is InChI=1S/C17H15N3O3S/c1-8-9(2)13-14(18)16(24-17(13)19-10(8)3)15(21)11-4-6-12(7-5-11)20(22)23/h4-7H,18H2,1-3H3/p+1. The Balaban J connectivity index is 2.12. The molecule has 0 unspecified atom stereocenters. The van der Waals surface area contributed by atoms with Gasteiger partial charge in [-0.2, -0.15) is 4.98 Å². The Hall–Kier alpha value is -2.80. The predicted octanol–water partition coefficient (Wildman–Crippen LogP) is 3.36. The Morgan fingerprint density at radius 1 is 1.17 bits per heavy atom. The summed E-state index contributed by atoms with van der Waals surface area (Å²) in [5.41, 5.74) is 10.2. The zero-order valence-corrected chi connectivity index (χ0v) is 14.3. The van der Waals surface area contributed by atoms with E-state index in [-0.39, 0.29) is 11.5 Å². The zero-order chi connectivity index (χ0) is 17.6. The number of non-ortho nitro benzene ring substituents is 1. The van der Waals surface area contributed by atoms with Crippen LogP contribution in [-0.4, -0.2) is 10.7 Å². The number of anilines is 1. The van der Waals surface area contributed by atoms with E-state index in [2.05, 4.69) is 4.98 Å². The summed E-state index contributed by atoms with van der Waals surface area (Å²) >= 11 is 1.31. The molecule has 0 amide bonds. The summed E-state index contributed by atoms with van der Waals surface area (Å²) in [5.74, 6) is -0.230. The van der Waals surface area contributed by atoms with Gasteiger partial charge >= 0.3 is 0 Å². The van der Waals surface area contributed by atoms with Gasteiger partial charge in [-0.1, -0.05) is 11.3 Å². The summed E-state index contributed by atoms with van der Waals surface area (Å²) in [6.07, 6.45) is 0. The molecule has 0 saturated heterocycles. The van der Waals surface area contributed by atoms with E-state index in [0.29, 0.717) is 16.1 Å². The molecule has 0 atom stereocenters. The molecule has 2 aromatic heterocycles. The number of nitro benzene ring substituents is 1. The number of benzene rings is 1. The zero-order valence-electron chi connectivity index (χ0n) is 13.5. The molecule has 24 heavy (non-hydrogen) atoms. The van der Waals surface area contributed by atoms with E-state index < -0.39 is 4.92 Å². The van der Waals surface area contributed by atoms with Crippen LogP contribution in [0.3, 0.4) is 0 Å². The minimum absolute atomic E-state index is 0.0497. The molecule has 0 saturated carbocycles. The highest BCUT2D eigenvalue weighted by molar-refractivity contribution is 7.21. The number of H-pyrrole nitrogens is 1. The van der Waals surface area contributed by atoms with E-state index in [0.717, 1.165) is 27.0 Å². The Labute approximate surface area is 142 Å². The molecule has 3 N–H and O–H groups in total. The number of aryl methyl sites for hydroxylation is 2. The number of carbonyl (C=O) groups is 1. The molecule has 6 nitrogen and oxygen atoms in total. The SMILES string of the molecule is Cc1[nH+]c2sc(C(=O)c3ccc([N+](=O)[O-])cc3)c(N)c2c(C)c1C. The van der Waals surface area contributed by atoms with E-state index in [1.54, 1.807) is 0 Å². The van der Waals surface area contributed by atoms with Crippen molar-refractivity contribution >= 4 is 38.7 Å². The first-order chi connectivity index (χ1) is 11.3. The molecule has 122 valence electrons. The number of nitrogen functional groups attached to an aromatic ring is 1. The summed E-state index contributed by atoms with van der Waals surface area (Å²) in [4.78, 5) is 27.6. The van der Waals surface area contributed by atoms with E-state index >= 15 is 0 Å². The maximum Gasteiger partial charge on any atom is 0.270 e. The molecule has 0 aliphatic heterocycles. The third-order valence-corrected chi connectivity index (χ3v) is 5.41. The number of nitro groups is 1. The minimum Gasteiger partial charge on any atom is -0.397 e. The van der Waals surface area contributed by atoms with Crippen LogP contribution in [0.15, 0.2) is 24.3 Å². The van der Waals surface area contributed by atoms with Crippen LogP contribution in [0.4, 0.5) is 11.4 Å². The molecule has 0 bridgehead atoms. The molecular formula is C17H16N3O3S+. The maximum atomic E-state index is 12.7. The van der Waals surface area contributed by atoms with Crippen molar-refractivity contribution < 1.29 is 14.7 Å². The van der Waals surface area contributed by atoms with Crippen LogP contribution in [0.2, 0.25) is 0 Å². The third-order valence-electron chi connectivity index (χ3n) is 4.29. The molecule has 1 aromatic carbocycles. The number of rotatable bonds is 3. The van der Waals surface area contributed by atoms with Gasteiger partial charge in [0.1, 0.15) is 4.88 Å². The van der Waals surface area contributed by atoms with Crippen molar-refractivity contribution in [3.63, 3.8) is 0 Å². The van der Waals surface area contributed by atoms with Crippen molar-refractivity contribution in [1.82, 2.24) is 0 Å². The number of ketones is 1. The van der Waals surface area contributed by atoms with Crippen LogP contribution < -0.4 is 10.7 Å². The molecule has 0 fully saturated rings. The number of nitrogens with two attached hydrogens (primary N) is 1. The molecule has 3 rings (SSSR count). The second kappa shape index (κ2) is 5.68. The van der Waals surface area contributed by atoms with Crippen LogP contribution in [0.25, 0.3) is 10.2 Å². The number of aromatic nitrogens is 1. The third kappa shape index (κ3) is 2.43. The Morgan fingerprint density at radius 3 is 2.38 bits per heavy atom. The summed E-state index contributed by atoms with van der Waals surface area (Å²) in [7, 11) is 0. The van der Waals surface area contributed by atoms with Crippen molar-refractivity contribution in [1.29, 1.82) is 0 Å². The first-order valence-corrected chi connectivity index (χ1v) is 8.13. The fourth-order valence-corrected chi connectivity index (χ4v) is 3.87. The van der Waals surface area contributed by atoms with E-state index in [4.69, 9.17) is 5.73 Å². The predicted molar refractivity (Wildman–Crippen MR) is 93.5 cm³/mol. The molecule has 0 spiro atoms. The Bertz CT molecular complexity index is 991. The first-order valence-electron chi connectivity index (χ1n) is 7.31. The number of nitrogens with one attached hydrogen (secondary N) is 1. The Kier molecular flexibility index (Phi) is 3.81. The number of aromatic amines is 1. The monoisotopic (exact) mass is 342 g/mol. The van der Waals surface area contributed by atoms with Crippen molar-refractivity contribution in [2.45, 2.75) is 20.8 Å². The van der Waals surface area contributed by atoms with Gasteiger partial charge in [0, 0.05) is 30.2 Å². The smallest absolute Gasteiger partial charge is 0.270 e. The normalized spacial score (nSPS) is 11.0. The summed E-state index contributed by atoms with van der Waals surface area (Å²) in [6.45, 7) is 5.98. The number of hydrogen-bond donors (Lipinski definition) is 1. The van der Waals surface area contributed by atoms with Gasteiger partial charge in [-0.05, 0) is 31.5 Å². The number of carbonyl (C=O) groups excluding carboxylic acids is 1. The van der Waals surface area contributed by atoms with Crippen LogP contribution in [-0.2, 0) is 0 Å². The topological polar surface area (TPSA) is 100 Å². The summed E-state index contributed by atoms with van der Waals surface area (Å²) in [6, 6.07) is 5.56. The number of nitrogens with zero attached hydrogens (tertiary/aromatic N) is 1. The van der Waals surface area contributed by atoms with Crippen molar-refractivity contribution in [3.8, 4) is 0 Å². The highest BCUT2D eigenvalue weighted by Crippen LogP contribution is 2.36. The molecule has 2 heterocycles. The van der Waals surface area contributed by atoms with Crippen LogP contribution in [0.1, 0.15) is 32.1 Å². The van der Waals surface area contributed by atoms with Gasteiger partial charge in [0.2, 0.25) is 5.78 Å². The first kappa shape index (κ1) is 16.1. The number of fused-ring (bicyclic) bond motifs is 1. The fraction of sp³-hybridized carbons (Fsp3) is 0.176. The van der Waals surface area contributed by atoms with Crippen LogP contribution >= 0.6 is 11.3 Å². The number of hydrogen-bond acceptors (Lipinski definition) is 5. The second-order valence-corrected chi connectivity index (χ2v) is 6.70. The van der Waals surface area contributed by atoms with Crippen LogP contribution in [0, 0.1) is 30.9 Å². The Morgan fingerprint density at radius 2 is 1.79 bits per heavy atom. The molecular weight excluding hydrogens is 326 g/mol. The fourth-order valence-electron chi connectivity index (χ4n) is 2.67. The average Bonchev–Trinajstić information content (AvgIpc) is 2.88.